The van der Waals surface area contributed by atoms with Crippen LogP contribution in [-0.4, -0.2) is 30.5 Å². The van der Waals surface area contributed by atoms with Crippen molar-refractivity contribution in [2.75, 3.05) is 19.6 Å². The van der Waals surface area contributed by atoms with E-state index in [-0.39, 0.29) is 6.04 Å². The molecule has 1 aromatic rings. The summed E-state index contributed by atoms with van der Waals surface area (Å²) in [5.74, 6) is 1.00. The van der Waals surface area contributed by atoms with Crippen LogP contribution in [0, 0.1) is 0 Å². The lowest BCUT2D eigenvalue weighted by Crippen LogP contribution is -2.42. The zero-order valence-corrected chi connectivity index (χ0v) is 12.2. The minimum absolute atomic E-state index is 0.0955. The Hall–Kier alpha value is -0.930. The van der Waals surface area contributed by atoms with Crippen molar-refractivity contribution >= 4 is 29.2 Å². The van der Waals surface area contributed by atoms with Crippen LogP contribution in [0.15, 0.2) is 23.2 Å². The van der Waals surface area contributed by atoms with Crippen LogP contribution in [0.25, 0.3) is 0 Å². The van der Waals surface area contributed by atoms with Crippen molar-refractivity contribution in [1.29, 1.82) is 0 Å². The molecule has 5 heteroatoms. The summed E-state index contributed by atoms with van der Waals surface area (Å²) in [6, 6.07) is 5.72. The number of hydrogen-bond acceptors (Lipinski definition) is 3. The number of hydrogen-bond donors (Lipinski definition) is 1. The van der Waals surface area contributed by atoms with Crippen LogP contribution in [0.4, 0.5) is 0 Å². The number of aliphatic imine (C=N–C) groups is 1. The molecular formula is C14H17Cl2N3. The Morgan fingerprint density at radius 1 is 1.11 bits per heavy atom. The fourth-order valence-corrected chi connectivity index (χ4v) is 3.39. The van der Waals surface area contributed by atoms with Crippen LogP contribution in [0.3, 0.4) is 0 Å². The molecule has 2 heterocycles. The summed E-state index contributed by atoms with van der Waals surface area (Å²) in [6.07, 6.45) is 3.82. The molecule has 1 N–H and O–H groups in total. The average Bonchev–Trinajstić information content (AvgIpc) is 2.89. The second-order valence-corrected chi connectivity index (χ2v) is 5.86. The summed E-state index contributed by atoms with van der Waals surface area (Å²) in [5, 5.41) is 4.88. The number of nitrogens with zero attached hydrogens (tertiary/aromatic N) is 2. The average molecular weight is 298 g/mol. The number of likely N-dealkylation sites (tertiary alicyclic amines) is 1. The fraction of sp³-hybridized carbons (Fsp3) is 0.500. The van der Waals surface area contributed by atoms with Crippen molar-refractivity contribution in [2.24, 2.45) is 4.99 Å². The van der Waals surface area contributed by atoms with Gasteiger partial charge >= 0.3 is 0 Å². The molecule has 0 saturated carbocycles. The molecule has 0 aromatic heterocycles. The van der Waals surface area contributed by atoms with E-state index in [1.165, 1.54) is 19.3 Å². The zero-order chi connectivity index (χ0) is 13.2. The van der Waals surface area contributed by atoms with Gasteiger partial charge < -0.3 is 10.2 Å². The molecule has 0 radical (unpaired) electrons. The molecule has 1 atom stereocenters. The van der Waals surface area contributed by atoms with Gasteiger partial charge in [-0.05, 0) is 31.4 Å². The standard InChI is InChI=1S/C14H17Cl2N3/c15-10-5-4-6-11(16)13(10)12-9-17-14(18-12)19-7-2-1-3-8-19/h4-6,12H,1-3,7-9H2,(H,17,18). The van der Waals surface area contributed by atoms with E-state index in [2.05, 4.69) is 15.2 Å². The molecule has 0 bridgehead atoms. The second-order valence-electron chi connectivity index (χ2n) is 5.04. The summed E-state index contributed by atoms with van der Waals surface area (Å²) in [5.41, 5.74) is 0.960. The number of guanidine groups is 1. The van der Waals surface area contributed by atoms with E-state index in [1.807, 2.05) is 18.2 Å². The quantitative estimate of drug-likeness (QED) is 0.859. The third kappa shape index (κ3) is 2.67. The molecule has 0 amide bonds. The highest BCUT2D eigenvalue weighted by molar-refractivity contribution is 6.36. The summed E-state index contributed by atoms with van der Waals surface area (Å²) in [7, 11) is 0. The zero-order valence-electron chi connectivity index (χ0n) is 10.7. The van der Waals surface area contributed by atoms with Crippen LogP contribution in [-0.2, 0) is 0 Å². The van der Waals surface area contributed by atoms with E-state index in [4.69, 9.17) is 23.2 Å². The van der Waals surface area contributed by atoms with Crippen LogP contribution in [0.1, 0.15) is 30.9 Å². The molecule has 3 rings (SSSR count). The first kappa shape index (κ1) is 13.1. The summed E-state index contributed by atoms with van der Waals surface area (Å²) in [4.78, 5) is 6.94. The number of benzene rings is 1. The Balaban J connectivity index is 1.73. The lowest BCUT2D eigenvalue weighted by Gasteiger charge is -2.29. The largest absolute Gasteiger partial charge is 0.347 e. The van der Waals surface area contributed by atoms with E-state index in [0.717, 1.165) is 24.6 Å². The highest BCUT2D eigenvalue weighted by atomic mass is 35.5. The molecule has 1 fully saturated rings. The van der Waals surface area contributed by atoms with E-state index in [0.29, 0.717) is 16.6 Å². The van der Waals surface area contributed by atoms with E-state index < -0.39 is 0 Å². The third-order valence-corrected chi connectivity index (χ3v) is 4.39. The van der Waals surface area contributed by atoms with Gasteiger partial charge in [-0.1, -0.05) is 29.3 Å². The minimum Gasteiger partial charge on any atom is -0.347 e. The third-order valence-electron chi connectivity index (χ3n) is 3.73. The Kier molecular flexibility index (Phi) is 3.85. The summed E-state index contributed by atoms with van der Waals surface area (Å²) >= 11 is 12.5. The molecule has 2 aliphatic heterocycles. The van der Waals surface area contributed by atoms with Crippen molar-refractivity contribution in [3.05, 3.63) is 33.8 Å². The van der Waals surface area contributed by atoms with Crippen molar-refractivity contribution in [1.82, 2.24) is 10.2 Å². The van der Waals surface area contributed by atoms with Gasteiger partial charge in [0.25, 0.3) is 0 Å². The lowest BCUT2D eigenvalue weighted by molar-refractivity contribution is 0.333. The highest BCUT2D eigenvalue weighted by Crippen LogP contribution is 2.32. The van der Waals surface area contributed by atoms with Crippen molar-refractivity contribution in [3.63, 3.8) is 0 Å². The monoisotopic (exact) mass is 297 g/mol. The molecule has 3 nitrogen and oxygen atoms in total. The fourth-order valence-electron chi connectivity index (χ4n) is 2.73. The Labute approximate surface area is 123 Å². The van der Waals surface area contributed by atoms with E-state index >= 15 is 0 Å². The molecule has 1 saturated heterocycles. The number of rotatable bonds is 1. The van der Waals surface area contributed by atoms with E-state index in [1.54, 1.807) is 0 Å². The van der Waals surface area contributed by atoms with Gasteiger partial charge in [-0.3, -0.25) is 4.99 Å². The Morgan fingerprint density at radius 3 is 2.47 bits per heavy atom. The van der Waals surface area contributed by atoms with Gasteiger partial charge in [0.1, 0.15) is 0 Å². The number of nitrogens with one attached hydrogen (secondary N) is 1. The second kappa shape index (κ2) is 5.59. The molecular weight excluding hydrogens is 281 g/mol. The predicted octanol–water partition coefficient (Wildman–Crippen LogP) is 3.48. The normalized spacial score (nSPS) is 23.2. The lowest BCUT2D eigenvalue weighted by atomic mass is 10.1. The van der Waals surface area contributed by atoms with Crippen LogP contribution in [0.2, 0.25) is 10.0 Å². The summed E-state index contributed by atoms with van der Waals surface area (Å²) < 4.78 is 0. The maximum Gasteiger partial charge on any atom is 0.194 e. The maximum absolute atomic E-state index is 6.25. The van der Waals surface area contributed by atoms with Crippen molar-refractivity contribution in [3.8, 4) is 0 Å². The molecule has 1 unspecified atom stereocenters. The Bertz CT molecular complexity index is 475. The first-order chi connectivity index (χ1) is 9.25. The van der Waals surface area contributed by atoms with Gasteiger partial charge in [-0.25, -0.2) is 0 Å². The SMILES string of the molecule is Clc1cccc(Cl)c1C1CN=C(N2CCCCC2)N1. The van der Waals surface area contributed by atoms with Crippen LogP contribution < -0.4 is 5.32 Å². The van der Waals surface area contributed by atoms with E-state index in [9.17, 15) is 0 Å². The van der Waals surface area contributed by atoms with Crippen LogP contribution in [0.5, 0.6) is 0 Å². The summed E-state index contributed by atoms with van der Waals surface area (Å²) in [6.45, 7) is 2.89. The molecule has 0 aliphatic carbocycles. The van der Waals surface area contributed by atoms with Gasteiger partial charge in [0.05, 0.1) is 12.6 Å². The topological polar surface area (TPSA) is 27.6 Å². The molecule has 1 aromatic carbocycles. The Morgan fingerprint density at radius 2 is 1.79 bits per heavy atom. The molecule has 0 spiro atoms. The van der Waals surface area contributed by atoms with Crippen LogP contribution >= 0.6 is 23.2 Å². The van der Waals surface area contributed by atoms with Gasteiger partial charge in [-0.15, -0.1) is 0 Å². The number of piperidine rings is 1. The van der Waals surface area contributed by atoms with Gasteiger partial charge in [0.2, 0.25) is 0 Å². The van der Waals surface area contributed by atoms with Crippen molar-refractivity contribution < 1.29 is 0 Å². The highest BCUT2D eigenvalue weighted by Gasteiger charge is 2.26. The first-order valence-electron chi connectivity index (χ1n) is 6.75. The minimum atomic E-state index is 0.0955. The maximum atomic E-state index is 6.25. The smallest absolute Gasteiger partial charge is 0.194 e. The molecule has 19 heavy (non-hydrogen) atoms. The molecule has 2 aliphatic rings. The van der Waals surface area contributed by atoms with Crippen molar-refractivity contribution in [2.45, 2.75) is 25.3 Å². The number of halogens is 2. The van der Waals surface area contributed by atoms with Gasteiger partial charge in [0, 0.05) is 28.7 Å². The predicted molar refractivity (Wildman–Crippen MR) is 80.1 cm³/mol. The first-order valence-corrected chi connectivity index (χ1v) is 7.51. The van der Waals surface area contributed by atoms with Gasteiger partial charge in [0.15, 0.2) is 5.96 Å². The molecule has 102 valence electrons. The van der Waals surface area contributed by atoms with Gasteiger partial charge in [-0.2, -0.15) is 0 Å².